The van der Waals surface area contributed by atoms with Gasteiger partial charge in [0.1, 0.15) is 18.1 Å². The van der Waals surface area contributed by atoms with Gasteiger partial charge in [0.2, 0.25) is 0 Å². The Morgan fingerprint density at radius 2 is 0.873 bits per heavy atom. The normalized spacial score (nSPS) is 13.7. The summed E-state index contributed by atoms with van der Waals surface area (Å²) in [5, 5.41) is 9.17. The number of aliphatic hydroxyl groups excluding tert-OH is 1. The zero-order chi connectivity index (χ0) is 39.3. The topological polar surface area (TPSA) is 71.5 Å². The molecule has 0 atom stereocenters. The molecule has 7 nitrogen and oxygen atoms in total. The van der Waals surface area contributed by atoms with Crippen molar-refractivity contribution in [3.63, 3.8) is 0 Å². The molecule has 1 N–H and O–H groups in total. The van der Waals surface area contributed by atoms with E-state index in [0.717, 1.165) is 75.6 Å². The van der Waals surface area contributed by atoms with Crippen molar-refractivity contribution < 1.29 is 24.1 Å². The van der Waals surface area contributed by atoms with Crippen molar-refractivity contribution in [2.24, 2.45) is 0 Å². The van der Waals surface area contributed by atoms with Crippen molar-refractivity contribution >= 4 is 5.97 Å². The predicted octanol–water partition coefficient (Wildman–Crippen LogP) is 12.4. The van der Waals surface area contributed by atoms with E-state index in [2.05, 4.69) is 23.6 Å². The molecule has 0 amide bonds. The summed E-state index contributed by atoms with van der Waals surface area (Å²) in [6, 6.07) is 6.04. The molecule has 0 saturated carbocycles. The molecule has 2 rings (SSSR count). The average molecular weight is 773 g/mol. The number of nitrogens with zero attached hydrogens (tertiary/aromatic N) is 2. The number of carbonyl (C=O) groups is 1. The molecular weight excluding hydrogens is 685 g/mol. The number of unbranched alkanes of at least 4 members (excludes halogenated alkanes) is 25. The summed E-state index contributed by atoms with van der Waals surface area (Å²) in [6.45, 7) is 12.0. The molecule has 0 aromatic heterocycles. The van der Waals surface area contributed by atoms with Gasteiger partial charge in [0.15, 0.2) is 0 Å². The second-order valence-electron chi connectivity index (χ2n) is 16.5. The summed E-state index contributed by atoms with van der Waals surface area (Å²) >= 11 is 0. The van der Waals surface area contributed by atoms with Crippen molar-refractivity contribution in [2.75, 3.05) is 59.1 Å². The first-order chi connectivity index (χ1) is 27.1. The van der Waals surface area contributed by atoms with Gasteiger partial charge in [-0.05, 0) is 43.5 Å². The molecular formula is C48H88N2O5. The second kappa shape index (κ2) is 36.5. The van der Waals surface area contributed by atoms with Crippen molar-refractivity contribution in [3.8, 4) is 11.5 Å². The van der Waals surface area contributed by atoms with Crippen LogP contribution in [0.2, 0.25) is 0 Å². The number of rotatable bonds is 39. The first-order valence-corrected chi connectivity index (χ1v) is 23.7. The third kappa shape index (κ3) is 29.1. The Morgan fingerprint density at radius 1 is 0.509 bits per heavy atom. The van der Waals surface area contributed by atoms with Crippen molar-refractivity contribution in [1.29, 1.82) is 0 Å². The maximum Gasteiger partial charge on any atom is 0.306 e. The van der Waals surface area contributed by atoms with Crippen LogP contribution in [-0.4, -0.2) is 80.0 Å². The second-order valence-corrected chi connectivity index (χ2v) is 16.5. The molecule has 1 aromatic rings. The number of hydrogen-bond donors (Lipinski definition) is 1. The van der Waals surface area contributed by atoms with Crippen molar-refractivity contribution in [3.05, 3.63) is 23.8 Å². The molecule has 1 aromatic carbocycles. The van der Waals surface area contributed by atoms with Gasteiger partial charge in [0, 0.05) is 45.2 Å². The van der Waals surface area contributed by atoms with Gasteiger partial charge in [0.25, 0.3) is 0 Å². The lowest BCUT2D eigenvalue weighted by Crippen LogP contribution is -2.47. The zero-order valence-corrected chi connectivity index (χ0v) is 36.3. The quantitative estimate of drug-likeness (QED) is 0.0528. The Morgan fingerprint density at radius 3 is 1.25 bits per heavy atom. The molecule has 1 fully saturated rings. The van der Waals surface area contributed by atoms with Crippen LogP contribution in [0.4, 0.5) is 0 Å². The number of benzene rings is 1. The molecule has 0 spiro atoms. The molecule has 0 unspecified atom stereocenters. The summed E-state index contributed by atoms with van der Waals surface area (Å²) in [4.78, 5) is 17.4. The van der Waals surface area contributed by atoms with Gasteiger partial charge in [0.05, 0.1) is 19.8 Å². The fourth-order valence-electron chi connectivity index (χ4n) is 7.74. The zero-order valence-electron chi connectivity index (χ0n) is 36.3. The van der Waals surface area contributed by atoms with Gasteiger partial charge < -0.3 is 24.2 Å². The highest BCUT2D eigenvalue weighted by Crippen LogP contribution is 2.25. The average Bonchev–Trinajstić information content (AvgIpc) is 3.19. The molecule has 1 aliphatic rings. The van der Waals surface area contributed by atoms with E-state index in [-0.39, 0.29) is 19.2 Å². The number of piperazine rings is 1. The Kier molecular flexibility index (Phi) is 32.7. The van der Waals surface area contributed by atoms with Gasteiger partial charge in [-0.3, -0.25) is 9.69 Å². The Bertz CT molecular complexity index is 999. The van der Waals surface area contributed by atoms with E-state index in [1.165, 1.54) is 161 Å². The third-order valence-electron chi connectivity index (χ3n) is 11.4. The fraction of sp³-hybridized carbons (Fsp3) is 0.854. The van der Waals surface area contributed by atoms with Crippen molar-refractivity contribution in [1.82, 2.24) is 9.80 Å². The summed E-state index contributed by atoms with van der Waals surface area (Å²) in [7, 11) is 0. The van der Waals surface area contributed by atoms with Gasteiger partial charge >= 0.3 is 5.97 Å². The maximum atomic E-state index is 12.7. The summed E-state index contributed by atoms with van der Waals surface area (Å²) in [5.74, 6) is 1.47. The minimum atomic E-state index is -0.151. The van der Waals surface area contributed by atoms with Gasteiger partial charge in [-0.25, -0.2) is 0 Å². The van der Waals surface area contributed by atoms with Crippen LogP contribution in [0.1, 0.15) is 206 Å². The lowest BCUT2D eigenvalue weighted by atomic mass is 10.0. The Hall–Kier alpha value is -1.83. The molecule has 320 valence electrons. The summed E-state index contributed by atoms with van der Waals surface area (Å²) in [5.41, 5.74) is 0.923. The third-order valence-corrected chi connectivity index (χ3v) is 11.4. The van der Waals surface area contributed by atoms with Crippen LogP contribution < -0.4 is 9.47 Å². The molecule has 0 radical (unpaired) electrons. The molecule has 55 heavy (non-hydrogen) atoms. The van der Waals surface area contributed by atoms with Gasteiger partial charge in [-0.2, -0.15) is 0 Å². The van der Waals surface area contributed by atoms with Crippen LogP contribution in [0.25, 0.3) is 0 Å². The molecule has 1 aliphatic heterocycles. The largest absolute Gasteiger partial charge is 0.493 e. The first kappa shape index (κ1) is 49.3. The van der Waals surface area contributed by atoms with E-state index in [1.54, 1.807) is 0 Å². The van der Waals surface area contributed by atoms with E-state index < -0.39 is 0 Å². The smallest absolute Gasteiger partial charge is 0.306 e. The van der Waals surface area contributed by atoms with E-state index >= 15 is 0 Å². The molecule has 1 saturated heterocycles. The van der Waals surface area contributed by atoms with Gasteiger partial charge in [-0.15, -0.1) is 0 Å². The van der Waals surface area contributed by atoms with E-state index in [0.29, 0.717) is 19.6 Å². The van der Waals surface area contributed by atoms with E-state index in [9.17, 15) is 9.90 Å². The lowest BCUT2D eigenvalue weighted by Gasteiger charge is -2.34. The highest BCUT2D eigenvalue weighted by molar-refractivity contribution is 5.69. The van der Waals surface area contributed by atoms with E-state index in [4.69, 9.17) is 14.2 Å². The number of hydrogen-bond acceptors (Lipinski definition) is 7. The molecule has 7 heteroatoms. The van der Waals surface area contributed by atoms with Crippen LogP contribution in [0.5, 0.6) is 11.5 Å². The van der Waals surface area contributed by atoms with Crippen LogP contribution in [0.3, 0.4) is 0 Å². The number of β-amino-alcohol motifs (C(OH)–C–C–N with tert-alkyl or cyclic N) is 1. The highest BCUT2D eigenvalue weighted by Gasteiger charge is 2.16. The lowest BCUT2D eigenvalue weighted by molar-refractivity contribution is -0.145. The standard InChI is InChI=1S/C48H88N2O5/c1-3-5-7-9-11-13-15-17-19-21-23-25-27-29-40-54-47-42-45(44-55-48(52)31-30-32-49-33-35-50(36-34-49)37-38-51)41-46(43-47)53-39-28-26-24-22-20-18-16-14-12-10-8-6-4-2/h41-43,51H,3-40,44H2,1-2H3. The number of aliphatic hydroxyl groups is 1. The van der Waals surface area contributed by atoms with Crippen LogP contribution in [0.15, 0.2) is 18.2 Å². The van der Waals surface area contributed by atoms with E-state index in [1.807, 2.05) is 18.2 Å². The fourth-order valence-corrected chi connectivity index (χ4v) is 7.74. The van der Waals surface area contributed by atoms with Gasteiger partial charge in [-0.1, -0.05) is 174 Å². The molecule has 1 heterocycles. The van der Waals surface area contributed by atoms with Crippen LogP contribution in [0, 0.1) is 0 Å². The molecule has 0 bridgehead atoms. The summed E-state index contributed by atoms with van der Waals surface area (Å²) in [6.07, 6.45) is 37.5. The minimum Gasteiger partial charge on any atom is -0.493 e. The Balaban J connectivity index is 1.66. The first-order valence-electron chi connectivity index (χ1n) is 23.7. The number of ether oxygens (including phenoxy) is 3. The SMILES string of the molecule is CCCCCCCCCCCCCCCCOc1cc(COC(=O)CCCN2CCN(CCO)CC2)cc(OCCCCCCCCCCCCCCC)c1. The summed E-state index contributed by atoms with van der Waals surface area (Å²) < 4.78 is 18.2. The highest BCUT2D eigenvalue weighted by atomic mass is 16.5. The number of carbonyl (C=O) groups excluding carboxylic acids is 1. The van der Waals surface area contributed by atoms with Crippen LogP contribution in [-0.2, 0) is 16.1 Å². The predicted molar refractivity (Wildman–Crippen MR) is 232 cm³/mol. The molecule has 0 aliphatic carbocycles. The van der Waals surface area contributed by atoms with Crippen LogP contribution >= 0.6 is 0 Å². The maximum absolute atomic E-state index is 12.7. The number of esters is 1. The minimum absolute atomic E-state index is 0.151. The monoisotopic (exact) mass is 773 g/mol. The Labute approximate surface area is 340 Å². The van der Waals surface area contributed by atoms with Crippen molar-refractivity contribution in [2.45, 2.75) is 207 Å².